The van der Waals surface area contributed by atoms with Crippen LogP contribution >= 0.6 is 15.9 Å². The molecule has 0 atom stereocenters. The summed E-state index contributed by atoms with van der Waals surface area (Å²) in [6.45, 7) is 5.05. The Kier molecular flexibility index (Phi) is 5.05. The first-order valence-electron chi connectivity index (χ1n) is 8.26. The number of amides is 1. The van der Waals surface area contributed by atoms with Crippen LogP contribution in [0.4, 0.5) is 5.69 Å². The van der Waals surface area contributed by atoms with Crippen molar-refractivity contribution in [3.8, 4) is 0 Å². The Hall–Kier alpha value is -2.07. The van der Waals surface area contributed by atoms with Crippen LogP contribution in [0.5, 0.6) is 0 Å². The van der Waals surface area contributed by atoms with Gasteiger partial charge in [-0.15, -0.1) is 0 Å². The van der Waals surface area contributed by atoms with Crippen molar-refractivity contribution in [2.24, 2.45) is 0 Å². The minimum atomic E-state index is -0.0575. The number of rotatable bonds is 5. The summed E-state index contributed by atoms with van der Waals surface area (Å²) >= 11 is 3.44. The summed E-state index contributed by atoms with van der Waals surface area (Å²) in [6.07, 6.45) is 2.15. The fourth-order valence-electron chi connectivity index (χ4n) is 3.07. The zero-order valence-electron chi connectivity index (χ0n) is 14.0. The maximum absolute atomic E-state index is 13.0. The summed E-state index contributed by atoms with van der Waals surface area (Å²) in [7, 11) is 0. The van der Waals surface area contributed by atoms with E-state index in [4.69, 9.17) is 0 Å². The number of halogens is 1. The lowest BCUT2D eigenvalue weighted by molar-refractivity contribution is 0.101. The van der Waals surface area contributed by atoms with E-state index >= 15 is 0 Å². The van der Waals surface area contributed by atoms with Gasteiger partial charge in [-0.25, -0.2) is 0 Å². The van der Waals surface area contributed by atoms with Crippen molar-refractivity contribution < 1.29 is 4.79 Å². The molecule has 1 aromatic heterocycles. The van der Waals surface area contributed by atoms with Crippen LogP contribution in [0.15, 0.2) is 53.0 Å². The lowest BCUT2D eigenvalue weighted by atomic mass is 10.1. The van der Waals surface area contributed by atoms with Crippen LogP contribution in [0.1, 0.15) is 35.8 Å². The van der Waals surface area contributed by atoms with E-state index in [9.17, 15) is 4.79 Å². The molecule has 1 amide bonds. The van der Waals surface area contributed by atoms with Gasteiger partial charge in [-0.05, 0) is 43.2 Å². The molecule has 3 nitrogen and oxygen atoms in total. The first kappa shape index (κ1) is 16.8. The highest BCUT2D eigenvalue weighted by Gasteiger charge is 2.19. The van der Waals surface area contributed by atoms with E-state index in [2.05, 4.69) is 44.9 Å². The first-order valence-corrected chi connectivity index (χ1v) is 9.06. The highest BCUT2D eigenvalue weighted by Crippen LogP contribution is 2.27. The Morgan fingerprint density at radius 3 is 2.71 bits per heavy atom. The van der Waals surface area contributed by atoms with Crippen LogP contribution in [-0.2, 0) is 6.54 Å². The number of unbranched alkanes of at least 4 members (excludes halogenated alkanes) is 1. The van der Waals surface area contributed by atoms with Gasteiger partial charge in [0.05, 0.1) is 0 Å². The van der Waals surface area contributed by atoms with Crippen molar-refractivity contribution in [3.05, 3.63) is 64.3 Å². The third-order valence-corrected chi connectivity index (χ3v) is 4.75. The van der Waals surface area contributed by atoms with Gasteiger partial charge in [0.2, 0.25) is 0 Å². The molecule has 4 heteroatoms. The van der Waals surface area contributed by atoms with Crippen molar-refractivity contribution in [2.75, 3.05) is 5.32 Å². The molecule has 0 saturated heterocycles. The molecule has 0 aliphatic rings. The number of hydrogen-bond acceptors (Lipinski definition) is 1. The molecule has 124 valence electrons. The second-order valence-corrected chi connectivity index (χ2v) is 6.88. The molecule has 24 heavy (non-hydrogen) atoms. The number of carbonyl (C=O) groups excluding carboxylic acids is 1. The maximum Gasteiger partial charge on any atom is 0.272 e. The number of aryl methyl sites for hydroxylation is 2. The molecule has 0 radical (unpaired) electrons. The van der Waals surface area contributed by atoms with E-state index in [1.807, 2.05) is 43.3 Å². The third kappa shape index (κ3) is 3.24. The Labute approximate surface area is 150 Å². The molecular weight excluding hydrogens is 364 g/mol. The quantitative estimate of drug-likeness (QED) is 0.595. The van der Waals surface area contributed by atoms with Crippen molar-refractivity contribution in [3.63, 3.8) is 0 Å². The topological polar surface area (TPSA) is 34.0 Å². The van der Waals surface area contributed by atoms with Crippen LogP contribution in [0.2, 0.25) is 0 Å². The highest BCUT2D eigenvalue weighted by molar-refractivity contribution is 9.10. The number of hydrogen-bond donors (Lipinski definition) is 1. The van der Waals surface area contributed by atoms with Crippen LogP contribution < -0.4 is 5.32 Å². The molecule has 0 bridgehead atoms. The van der Waals surface area contributed by atoms with Gasteiger partial charge in [0.25, 0.3) is 5.91 Å². The lowest BCUT2D eigenvalue weighted by Gasteiger charge is -2.12. The summed E-state index contributed by atoms with van der Waals surface area (Å²) in [5.41, 5.74) is 3.71. The standard InChI is InChI=1S/C20H21BrN2O/c1-3-4-12-23-18-11-6-5-10-17(18)14(2)19(23)20(24)22-16-9-7-8-15(21)13-16/h5-11,13H,3-4,12H2,1-2H3,(H,22,24). The van der Waals surface area contributed by atoms with Crippen molar-refractivity contribution in [2.45, 2.75) is 33.2 Å². The van der Waals surface area contributed by atoms with E-state index < -0.39 is 0 Å². The van der Waals surface area contributed by atoms with Gasteiger partial charge < -0.3 is 9.88 Å². The number of fused-ring (bicyclic) bond motifs is 1. The second-order valence-electron chi connectivity index (χ2n) is 5.96. The van der Waals surface area contributed by atoms with Gasteiger partial charge in [0.1, 0.15) is 5.69 Å². The average Bonchev–Trinajstić information content (AvgIpc) is 2.85. The SMILES string of the molecule is CCCCn1c(C(=O)Nc2cccc(Br)c2)c(C)c2ccccc21. The van der Waals surface area contributed by atoms with Crippen LogP contribution in [0.25, 0.3) is 10.9 Å². The van der Waals surface area contributed by atoms with E-state index in [0.717, 1.165) is 51.7 Å². The third-order valence-electron chi connectivity index (χ3n) is 4.26. The average molecular weight is 385 g/mol. The fourth-order valence-corrected chi connectivity index (χ4v) is 3.47. The molecule has 0 fully saturated rings. The number of anilines is 1. The van der Waals surface area contributed by atoms with E-state index in [1.54, 1.807) is 0 Å². The van der Waals surface area contributed by atoms with Gasteiger partial charge in [-0.1, -0.05) is 53.5 Å². The lowest BCUT2D eigenvalue weighted by Crippen LogP contribution is -2.18. The van der Waals surface area contributed by atoms with Crippen LogP contribution in [0, 0.1) is 6.92 Å². The summed E-state index contributed by atoms with van der Waals surface area (Å²) in [4.78, 5) is 13.0. The molecule has 2 aromatic carbocycles. The number of aromatic nitrogens is 1. The van der Waals surface area contributed by atoms with Gasteiger partial charge in [0.15, 0.2) is 0 Å². The molecule has 0 saturated carbocycles. The minimum Gasteiger partial charge on any atom is -0.336 e. The fraction of sp³-hybridized carbons (Fsp3) is 0.250. The van der Waals surface area contributed by atoms with E-state index in [-0.39, 0.29) is 5.91 Å². The molecule has 0 aliphatic carbocycles. The van der Waals surface area contributed by atoms with Gasteiger partial charge in [-0.3, -0.25) is 4.79 Å². The zero-order valence-corrected chi connectivity index (χ0v) is 15.6. The molecule has 1 N–H and O–H groups in total. The van der Waals surface area contributed by atoms with Crippen LogP contribution in [0.3, 0.4) is 0 Å². The molecule has 0 unspecified atom stereocenters. The largest absolute Gasteiger partial charge is 0.336 e. The number of benzene rings is 2. The Balaban J connectivity index is 2.03. The predicted octanol–water partition coefficient (Wildman–Crippen LogP) is 5.76. The van der Waals surface area contributed by atoms with Crippen molar-refractivity contribution >= 4 is 38.4 Å². The van der Waals surface area contributed by atoms with Gasteiger partial charge >= 0.3 is 0 Å². The number of nitrogens with zero attached hydrogens (tertiary/aromatic N) is 1. The summed E-state index contributed by atoms with van der Waals surface area (Å²) in [6, 6.07) is 15.9. The van der Waals surface area contributed by atoms with Gasteiger partial charge in [0, 0.05) is 27.6 Å². The Bertz CT molecular complexity index is 882. The number of para-hydroxylation sites is 1. The number of nitrogens with one attached hydrogen (secondary N) is 1. The first-order chi connectivity index (χ1) is 11.6. The smallest absolute Gasteiger partial charge is 0.272 e. The molecule has 1 heterocycles. The van der Waals surface area contributed by atoms with Crippen molar-refractivity contribution in [1.82, 2.24) is 4.57 Å². The summed E-state index contributed by atoms with van der Waals surface area (Å²) < 4.78 is 3.10. The highest BCUT2D eigenvalue weighted by atomic mass is 79.9. The summed E-state index contributed by atoms with van der Waals surface area (Å²) in [5.74, 6) is -0.0575. The van der Waals surface area contributed by atoms with Crippen molar-refractivity contribution in [1.29, 1.82) is 0 Å². The second kappa shape index (κ2) is 7.22. The minimum absolute atomic E-state index is 0.0575. The predicted molar refractivity (Wildman–Crippen MR) is 104 cm³/mol. The Morgan fingerprint density at radius 1 is 1.17 bits per heavy atom. The molecule has 3 aromatic rings. The molecule has 0 aliphatic heterocycles. The van der Waals surface area contributed by atoms with E-state index in [0.29, 0.717) is 0 Å². The maximum atomic E-state index is 13.0. The molecule has 3 rings (SSSR count). The van der Waals surface area contributed by atoms with E-state index in [1.165, 1.54) is 0 Å². The Morgan fingerprint density at radius 2 is 1.96 bits per heavy atom. The summed E-state index contributed by atoms with van der Waals surface area (Å²) in [5, 5.41) is 4.17. The molecular formula is C20H21BrN2O. The molecule has 0 spiro atoms. The monoisotopic (exact) mass is 384 g/mol. The van der Waals surface area contributed by atoms with Gasteiger partial charge in [-0.2, -0.15) is 0 Å². The normalized spacial score (nSPS) is 11.0. The zero-order chi connectivity index (χ0) is 17.1. The number of carbonyl (C=O) groups is 1. The van der Waals surface area contributed by atoms with Crippen LogP contribution in [-0.4, -0.2) is 10.5 Å².